The van der Waals surface area contributed by atoms with E-state index in [9.17, 15) is 18.0 Å². The Morgan fingerprint density at radius 3 is 2.44 bits per heavy atom. The fourth-order valence-corrected chi connectivity index (χ4v) is 2.73. The lowest BCUT2D eigenvalue weighted by molar-refractivity contribution is -0.146. The summed E-state index contributed by atoms with van der Waals surface area (Å²) >= 11 is 0. The van der Waals surface area contributed by atoms with E-state index in [1.165, 1.54) is 0 Å². The van der Waals surface area contributed by atoms with Gasteiger partial charge in [0.05, 0.1) is 17.6 Å². The van der Waals surface area contributed by atoms with Gasteiger partial charge in [-0.15, -0.1) is 0 Å². The summed E-state index contributed by atoms with van der Waals surface area (Å²) in [5.74, 6) is -2.58. The second kappa shape index (κ2) is 6.14. The maximum atomic E-state index is 11.7. The van der Waals surface area contributed by atoms with E-state index in [-0.39, 0.29) is 24.6 Å². The van der Waals surface area contributed by atoms with E-state index in [1.807, 2.05) is 0 Å². The third-order valence-electron chi connectivity index (χ3n) is 3.07. The van der Waals surface area contributed by atoms with Gasteiger partial charge in [0.2, 0.25) is 15.9 Å². The third kappa shape index (κ3) is 4.61. The van der Waals surface area contributed by atoms with Crippen LogP contribution in [0, 0.1) is 11.8 Å². The Morgan fingerprint density at radius 1 is 1.28 bits per heavy atom. The van der Waals surface area contributed by atoms with Crippen molar-refractivity contribution < 1.29 is 23.1 Å². The molecule has 1 saturated carbocycles. The normalized spacial score (nSPS) is 23.8. The highest BCUT2D eigenvalue weighted by Crippen LogP contribution is 2.31. The molecule has 1 aliphatic rings. The molecule has 0 aromatic rings. The van der Waals surface area contributed by atoms with Crippen LogP contribution in [0.3, 0.4) is 0 Å². The van der Waals surface area contributed by atoms with Crippen LogP contribution in [0.25, 0.3) is 0 Å². The Kier molecular flexibility index (Phi) is 5.09. The first-order valence-corrected chi connectivity index (χ1v) is 7.54. The van der Waals surface area contributed by atoms with Gasteiger partial charge < -0.3 is 10.4 Å². The molecule has 18 heavy (non-hydrogen) atoms. The van der Waals surface area contributed by atoms with E-state index in [2.05, 4.69) is 5.32 Å². The van der Waals surface area contributed by atoms with Gasteiger partial charge in [0.25, 0.3) is 0 Å². The van der Waals surface area contributed by atoms with Crippen LogP contribution in [-0.4, -0.2) is 37.7 Å². The summed E-state index contributed by atoms with van der Waals surface area (Å²) in [4.78, 5) is 22.6. The number of sulfonamides is 1. The molecule has 1 amide bonds. The van der Waals surface area contributed by atoms with Crippen molar-refractivity contribution in [1.82, 2.24) is 5.32 Å². The van der Waals surface area contributed by atoms with Crippen LogP contribution in [0.1, 0.15) is 25.7 Å². The van der Waals surface area contributed by atoms with Gasteiger partial charge in [-0.3, -0.25) is 9.59 Å². The predicted molar refractivity (Wildman–Crippen MR) is 64.1 cm³/mol. The summed E-state index contributed by atoms with van der Waals surface area (Å²) in [5.41, 5.74) is 0. The van der Waals surface area contributed by atoms with Gasteiger partial charge >= 0.3 is 5.97 Å². The van der Waals surface area contributed by atoms with Crippen LogP contribution in [0.2, 0.25) is 0 Å². The fraction of sp³-hybridized carbons (Fsp3) is 0.800. The van der Waals surface area contributed by atoms with Gasteiger partial charge in [-0.05, 0) is 19.3 Å². The Bertz CT molecular complexity index is 420. The molecule has 0 aromatic heterocycles. The SMILES string of the molecule is NS(=O)(=O)CCCNC(=O)C1CCCC1C(=O)O. The minimum Gasteiger partial charge on any atom is -0.481 e. The number of hydrogen-bond donors (Lipinski definition) is 3. The number of nitrogens with one attached hydrogen (secondary N) is 1. The van der Waals surface area contributed by atoms with Crippen LogP contribution in [0.4, 0.5) is 0 Å². The van der Waals surface area contributed by atoms with E-state index in [4.69, 9.17) is 10.2 Å². The van der Waals surface area contributed by atoms with Crippen LogP contribution in [0.15, 0.2) is 0 Å². The third-order valence-corrected chi connectivity index (χ3v) is 3.93. The van der Waals surface area contributed by atoms with Crippen LogP contribution >= 0.6 is 0 Å². The highest BCUT2D eigenvalue weighted by atomic mass is 32.2. The highest BCUT2D eigenvalue weighted by Gasteiger charge is 2.37. The molecule has 8 heteroatoms. The predicted octanol–water partition coefficient (Wildman–Crippen LogP) is -0.718. The van der Waals surface area contributed by atoms with Gasteiger partial charge in [-0.1, -0.05) is 6.42 Å². The number of hydrogen-bond acceptors (Lipinski definition) is 4. The molecule has 1 aliphatic carbocycles. The lowest BCUT2D eigenvalue weighted by Crippen LogP contribution is -2.36. The lowest BCUT2D eigenvalue weighted by Gasteiger charge is -2.15. The van der Waals surface area contributed by atoms with Crippen molar-refractivity contribution in [3.8, 4) is 0 Å². The summed E-state index contributed by atoms with van der Waals surface area (Å²) < 4.78 is 21.3. The number of primary sulfonamides is 1. The number of nitrogens with two attached hydrogens (primary N) is 1. The minimum absolute atomic E-state index is 0.193. The number of carbonyl (C=O) groups excluding carboxylic acids is 1. The van der Waals surface area contributed by atoms with Crippen molar-refractivity contribution in [3.63, 3.8) is 0 Å². The molecule has 2 unspecified atom stereocenters. The second-order valence-corrected chi connectivity index (χ2v) is 6.23. The zero-order valence-corrected chi connectivity index (χ0v) is 10.8. The first kappa shape index (κ1) is 14.9. The number of amides is 1. The van der Waals surface area contributed by atoms with E-state index in [0.29, 0.717) is 12.8 Å². The van der Waals surface area contributed by atoms with Gasteiger partial charge in [0.1, 0.15) is 0 Å². The van der Waals surface area contributed by atoms with Crippen molar-refractivity contribution in [2.45, 2.75) is 25.7 Å². The summed E-state index contributed by atoms with van der Waals surface area (Å²) in [6.45, 7) is 0.193. The average molecular weight is 278 g/mol. The lowest BCUT2D eigenvalue weighted by atomic mass is 9.95. The first-order valence-electron chi connectivity index (χ1n) is 5.82. The minimum atomic E-state index is -3.51. The Morgan fingerprint density at radius 2 is 1.89 bits per heavy atom. The molecule has 0 saturated heterocycles. The molecule has 2 atom stereocenters. The molecule has 0 bridgehead atoms. The van der Waals surface area contributed by atoms with E-state index in [1.54, 1.807) is 0 Å². The molecule has 0 radical (unpaired) electrons. The molecule has 1 rings (SSSR count). The first-order chi connectivity index (χ1) is 8.31. The summed E-state index contributed by atoms with van der Waals surface area (Å²) in [6.07, 6.45) is 2.05. The Labute approximate surface area is 106 Å². The van der Waals surface area contributed by atoms with Crippen LogP contribution in [0.5, 0.6) is 0 Å². The highest BCUT2D eigenvalue weighted by molar-refractivity contribution is 7.89. The summed E-state index contributed by atoms with van der Waals surface area (Å²) in [7, 11) is -3.51. The molecule has 104 valence electrons. The number of carboxylic acid groups (broad SMARTS) is 1. The topological polar surface area (TPSA) is 127 Å². The van der Waals surface area contributed by atoms with Gasteiger partial charge in [0.15, 0.2) is 0 Å². The smallest absolute Gasteiger partial charge is 0.307 e. The molecule has 0 spiro atoms. The average Bonchev–Trinajstić information content (AvgIpc) is 2.71. The fourth-order valence-electron chi connectivity index (χ4n) is 2.19. The van der Waals surface area contributed by atoms with Gasteiger partial charge in [-0.25, -0.2) is 13.6 Å². The molecular formula is C10H18N2O5S. The number of aliphatic carboxylic acids is 1. The number of carboxylic acids is 1. The van der Waals surface area contributed by atoms with Crippen molar-refractivity contribution in [1.29, 1.82) is 0 Å². The van der Waals surface area contributed by atoms with Crippen LogP contribution in [-0.2, 0) is 19.6 Å². The molecule has 7 nitrogen and oxygen atoms in total. The van der Waals surface area contributed by atoms with Gasteiger partial charge in [0, 0.05) is 6.54 Å². The zero-order chi connectivity index (χ0) is 13.8. The Hall–Kier alpha value is -1.15. The van der Waals surface area contributed by atoms with E-state index < -0.39 is 27.8 Å². The summed E-state index contributed by atoms with van der Waals surface area (Å²) in [5, 5.41) is 16.3. The largest absolute Gasteiger partial charge is 0.481 e. The molecule has 1 fully saturated rings. The maximum Gasteiger partial charge on any atom is 0.307 e. The molecule has 4 N–H and O–H groups in total. The summed E-state index contributed by atoms with van der Waals surface area (Å²) in [6, 6.07) is 0. The molecular weight excluding hydrogens is 260 g/mol. The number of rotatable bonds is 6. The van der Waals surface area contributed by atoms with Gasteiger partial charge in [-0.2, -0.15) is 0 Å². The second-order valence-electron chi connectivity index (χ2n) is 4.49. The molecule has 0 heterocycles. The van der Waals surface area contributed by atoms with E-state index >= 15 is 0 Å². The Balaban J connectivity index is 2.35. The van der Waals surface area contributed by atoms with Crippen molar-refractivity contribution >= 4 is 21.9 Å². The maximum absolute atomic E-state index is 11.7. The quantitative estimate of drug-likeness (QED) is 0.553. The van der Waals surface area contributed by atoms with E-state index in [0.717, 1.165) is 6.42 Å². The van der Waals surface area contributed by atoms with Crippen LogP contribution < -0.4 is 10.5 Å². The van der Waals surface area contributed by atoms with Crippen molar-refractivity contribution in [3.05, 3.63) is 0 Å². The monoisotopic (exact) mass is 278 g/mol. The van der Waals surface area contributed by atoms with Crippen molar-refractivity contribution in [2.75, 3.05) is 12.3 Å². The molecule has 0 aromatic carbocycles. The standard InChI is InChI=1S/C10H18N2O5S/c11-18(16,17)6-2-5-12-9(13)7-3-1-4-8(7)10(14)15/h7-8H,1-6H2,(H,12,13)(H,14,15)(H2,11,16,17). The zero-order valence-electron chi connectivity index (χ0n) is 9.96. The van der Waals surface area contributed by atoms with Crippen molar-refractivity contribution in [2.24, 2.45) is 17.0 Å². The molecule has 0 aliphatic heterocycles. The number of carbonyl (C=O) groups is 2.